The highest BCUT2D eigenvalue weighted by molar-refractivity contribution is 5.92. The van der Waals surface area contributed by atoms with Crippen LogP contribution in [0.3, 0.4) is 0 Å². The Bertz CT molecular complexity index is 895. The van der Waals surface area contributed by atoms with Gasteiger partial charge in [-0.25, -0.2) is 0 Å². The van der Waals surface area contributed by atoms with Gasteiger partial charge in [0.1, 0.15) is 5.69 Å². The number of benzene rings is 1. The number of nitrogens with zero attached hydrogens (tertiary/aromatic N) is 1. The summed E-state index contributed by atoms with van der Waals surface area (Å²) in [6.07, 6.45) is 6.59. The third-order valence-electron chi connectivity index (χ3n) is 6.93. The molecule has 6 nitrogen and oxygen atoms in total. The van der Waals surface area contributed by atoms with E-state index in [1.54, 1.807) is 6.07 Å². The first kappa shape index (κ1) is 18.4. The van der Waals surface area contributed by atoms with Gasteiger partial charge in [0.2, 0.25) is 5.88 Å². The maximum atomic E-state index is 12.8. The molecule has 1 amide bonds. The van der Waals surface area contributed by atoms with E-state index < -0.39 is 5.91 Å². The molecule has 1 heterocycles. The second-order valence-corrected chi connectivity index (χ2v) is 9.26. The van der Waals surface area contributed by atoms with Crippen molar-refractivity contribution < 1.29 is 18.8 Å². The lowest BCUT2D eigenvalue weighted by atomic mass is 9.49. The summed E-state index contributed by atoms with van der Waals surface area (Å²) >= 11 is 0. The molecule has 6 heteroatoms. The number of ether oxygens (including phenoxy) is 1. The minimum atomic E-state index is -0.408. The number of hydrogen-bond donors (Lipinski definition) is 1. The van der Waals surface area contributed by atoms with Gasteiger partial charge in [-0.3, -0.25) is 14.9 Å². The number of rotatable bonds is 5. The van der Waals surface area contributed by atoms with Crippen molar-refractivity contribution >= 4 is 17.8 Å². The Morgan fingerprint density at radius 1 is 1.10 bits per heavy atom. The number of anilines is 1. The van der Waals surface area contributed by atoms with Gasteiger partial charge in [0.05, 0.1) is 5.41 Å². The van der Waals surface area contributed by atoms with Crippen molar-refractivity contribution in [1.29, 1.82) is 0 Å². The number of aromatic nitrogens is 1. The fourth-order valence-electron chi connectivity index (χ4n) is 6.01. The van der Waals surface area contributed by atoms with Crippen LogP contribution in [0, 0.1) is 30.1 Å². The van der Waals surface area contributed by atoms with Gasteiger partial charge in [-0.05, 0) is 63.2 Å². The van der Waals surface area contributed by atoms with Crippen LogP contribution in [0.15, 0.2) is 34.9 Å². The van der Waals surface area contributed by atoms with Crippen LogP contribution in [0.5, 0.6) is 0 Å². The van der Waals surface area contributed by atoms with E-state index in [-0.39, 0.29) is 23.9 Å². The second-order valence-electron chi connectivity index (χ2n) is 9.26. The van der Waals surface area contributed by atoms with E-state index >= 15 is 0 Å². The molecule has 29 heavy (non-hydrogen) atoms. The summed E-state index contributed by atoms with van der Waals surface area (Å²) < 4.78 is 10.7. The summed E-state index contributed by atoms with van der Waals surface area (Å²) in [5, 5.41) is 6.62. The molecular weight excluding hydrogens is 368 g/mol. The Labute approximate surface area is 170 Å². The number of aryl methyl sites for hydroxylation is 1. The van der Waals surface area contributed by atoms with Crippen molar-refractivity contribution in [2.24, 2.45) is 23.2 Å². The standard InChI is InChI=1S/C23H26N2O4/c1-14-2-4-18(5-3-14)19-9-21(29-25-19)24-20(26)13-28-22(27)23-10-15-6-16(11-23)8-17(7-15)12-23/h2-5,9,15-17H,6-8,10-13H2,1H3,(H,24,26). The van der Waals surface area contributed by atoms with E-state index in [9.17, 15) is 9.59 Å². The Morgan fingerprint density at radius 3 is 2.34 bits per heavy atom. The van der Waals surface area contributed by atoms with Crippen LogP contribution in [0.25, 0.3) is 11.3 Å². The van der Waals surface area contributed by atoms with Crippen molar-refractivity contribution in [3.05, 3.63) is 35.9 Å². The van der Waals surface area contributed by atoms with E-state index in [2.05, 4.69) is 10.5 Å². The Morgan fingerprint density at radius 2 is 1.72 bits per heavy atom. The molecule has 4 bridgehead atoms. The number of carbonyl (C=O) groups is 2. The molecule has 152 valence electrons. The van der Waals surface area contributed by atoms with Crippen molar-refractivity contribution in [2.75, 3.05) is 11.9 Å². The van der Waals surface area contributed by atoms with Crippen molar-refractivity contribution in [1.82, 2.24) is 5.16 Å². The lowest BCUT2D eigenvalue weighted by Crippen LogP contribution is -2.50. The van der Waals surface area contributed by atoms with Crippen LogP contribution in [0.1, 0.15) is 44.1 Å². The van der Waals surface area contributed by atoms with Gasteiger partial charge in [0, 0.05) is 11.6 Å². The summed E-state index contributed by atoms with van der Waals surface area (Å²) in [5.41, 5.74) is 2.37. The van der Waals surface area contributed by atoms with E-state index in [0.717, 1.165) is 30.4 Å². The van der Waals surface area contributed by atoms with Gasteiger partial charge in [0.15, 0.2) is 6.61 Å². The second kappa shape index (κ2) is 7.01. The molecule has 0 atom stereocenters. The molecule has 1 aromatic heterocycles. The molecule has 0 spiro atoms. The van der Waals surface area contributed by atoms with Crippen LogP contribution in [0.4, 0.5) is 5.88 Å². The number of hydrogen-bond acceptors (Lipinski definition) is 5. The quantitative estimate of drug-likeness (QED) is 0.763. The summed E-state index contributed by atoms with van der Waals surface area (Å²) in [6.45, 7) is 1.73. The van der Waals surface area contributed by atoms with Gasteiger partial charge in [-0.1, -0.05) is 35.0 Å². The lowest BCUT2D eigenvalue weighted by molar-refractivity contribution is -0.172. The zero-order chi connectivity index (χ0) is 20.0. The molecular formula is C23H26N2O4. The predicted molar refractivity (Wildman–Crippen MR) is 107 cm³/mol. The van der Waals surface area contributed by atoms with E-state index in [1.807, 2.05) is 31.2 Å². The molecule has 4 aliphatic carbocycles. The minimum Gasteiger partial charge on any atom is -0.455 e. The Balaban J connectivity index is 1.17. The summed E-state index contributed by atoms with van der Waals surface area (Å²) in [4.78, 5) is 25.1. The average molecular weight is 394 g/mol. The first-order chi connectivity index (χ1) is 14.0. The first-order valence-electron chi connectivity index (χ1n) is 10.5. The number of nitrogens with one attached hydrogen (secondary N) is 1. The third kappa shape index (κ3) is 3.56. The minimum absolute atomic E-state index is 0.190. The topological polar surface area (TPSA) is 81.4 Å². The molecule has 0 saturated heterocycles. The van der Waals surface area contributed by atoms with Gasteiger partial charge in [-0.15, -0.1) is 0 Å². The van der Waals surface area contributed by atoms with Gasteiger partial charge < -0.3 is 9.26 Å². The highest BCUT2D eigenvalue weighted by atomic mass is 16.5. The molecule has 1 N–H and O–H groups in total. The van der Waals surface area contributed by atoms with Crippen LogP contribution < -0.4 is 5.32 Å². The molecule has 1 aromatic carbocycles. The van der Waals surface area contributed by atoms with E-state index in [4.69, 9.17) is 9.26 Å². The van der Waals surface area contributed by atoms with Crippen LogP contribution in [-0.4, -0.2) is 23.6 Å². The molecule has 6 rings (SSSR count). The smallest absolute Gasteiger partial charge is 0.312 e. The fraction of sp³-hybridized carbons (Fsp3) is 0.522. The van der Waals surface area contributed by atoms with Crippen molar-refractivity contribution in [3.63, 3.8) is 0 Å². The van der Waals surface area contributed by atoms with Crippen molar-refractivity contribution in [3.8, 4) is 11.3 Å². The largest absolute Gasteiger partial charge is 0.455 e. The molecule has 2 aromatic rings. The van der Waals surface area contributed by atoms with Gasteiger partial charge in [-0.2, -0.15) is 0 Å². The van der Waals surface area contributed by atoms with E-state index in [1.165, 1.54) is 19.3 Å². The highest BCUT2D eigenvalue weighted by Crippen LogP contribution is 2.60. The molecule has 0 radical (unpaired) electrons. The monoisotopic (exact) mass is 394 g/mol. The molecule has 4 saturated carbocycles. The SMILES string of the molecule is Cc1ccc(-c2cc(NC(=O)COC(=O)C34CC5CC(CC(C5)C3)C4)on2)cc1. The Hall–Kier alpha value is -2.63. The van der Waals surface area contributed by atoms with Gasteiger partial charge in [0.25, 0.3) is 5.91 Å². The zero-order valence-electron chi connectivity index (χ0n) is 16.6. The summed E-state index contributed by atoms with van der Waals surface area (Å²) in [5.74, 6) is 1.64. The number of carbonyl (C=O) groups excluding carboxylic acids is 2. The maximum absolute atomic E-state index is 12.8. The zero-order valence-corrected chi connectivity index (χ0v) is 16.6. The molecule has 4 fully saturated rings. The van der Waals surface area contributed by atoms with Crippen molar-refractivity contribution in [2.45, 2.75) is 45.4 Å². The highest BCUT2D eigenvalue weighted by Gasteiger charge is 2.55. The average Bonchev–Trinajstić information content (AvgIpc) is 3.14. The molecule has 0 unspecified atom stereocenters. The first-order valence-corrected chi connectivity index (χ1v) is 10.5. The molecule has 0 aliphatic heterocycles. The van der Waals surface area contributed by atoms with Crippen LogP contribution in [-0.2, 0) is 14.3 Å². The number of amides is 1. The molecule has 4 aliphatic rings. The fourth-order valence-corrected chi connectivity index (χ4v) is 6.01. The number of esters is 1. The maximum Gasteiger partial charge on any atom is 0.312 e. The normalized spacial score (nSPS) is 29.6. The summed E-state index contributed by atoms with van der Waals surface area (Å²) in [6, 6.07) is 9.56. The predicted octanol–water partition coefficient (Wildman–Crippen LogP) is 4.35. The van der Waals surface area contributed by atoms with E-state index in [0.29, 0.717) is 23.4 Å². The van der Waals surface area contributed by atoms with Crippen LogP contribution in [0.2, 0.25) is 0 Å². The summed E-state index contributed by atoms with van der Waals surface area (Å²) in [7, 11) is 0. The van der Waals surface area contributed by atoms with Gasteiger partial charge >= 0.3 is 5.97 Å². The Kier molecular flexibility index (Phi) is 4.45. The lowest BCUT2D eigenvalue weighted by Gasteiger charge is -2.55. The van der Waals surface area contributed by atoms with Crippen LogP contribution >= 0.6 is 0 Å². The third-order valence-corrected chi connectivity index (χ3v) is 6.93.